The smallest absolute Gasteiger partial charge is 0.329 e. The lowest BCUT2D eigenvalue weighted by atomic mass is 10.1. The second-order valence-corrected chi connectivity index (χ2v) is 5.17. The molecular weight excluding hydrogens is 301 g/mol. The van der Waals surface area contributed by atoms with Gasteiger partial charge in [0.1, 0.15) is 0 Å². The zero-order valence-electron chi connectivity index (χ0n) is 11.7. The van der Waals surface area contributed by atoms with Gasteiger partial charge in [0.05, 0.1) is 5.54 Å². The van der Waals surface area contributed by atoms with E-state index in [1.807, 2.05) is 0 Å². The number of nitrogens with one attached hydrogen (secondary N) is 1. The molecule has 1 aromatic carbocycles. The normalized spacial score (nSPS) is 12.3. The maximum atomic E-state index is 12.4. The molecule has 0 aliphatic rings. The van der Waals surface area contributed by atoms with E-state index >= 15 is 0 Å². The van der Waals surface area contributed by atoms with Crippen LogP contribution in [0.5, 0.6) is 0 Å². The summed E-state index contributed by atoms with van der Waals surface area (Å²) in [4.78, 5) is 15.0. The summed E-state index contributed by atoms with van der Waals surface area (Å²) in [6.45, 7) is 3.10. The molecule has 0 aliphatic carbocycles. The monoisotopic (exact) mass is 314 g/mol. The molecule has 9 heteroatoms. The van der Waals surface area contributed by atoms with Crippen LogP contribution in [0.3, 0.4) is 0 Å². The zero-order valence-corrected chi connectivity index (χ0v) is 11.7. The van der Waals surface area contributed by atoms with Gasteiger partial charge in [-0.05, 0) is 38.1 Å². The van der Waals surface area contributed by atoms with Crippen molar-refractivity contribution in [3.8, 4) is 11.4 Å². The number of benzene rings is 1. The van der Waals surface area contributed by atoms with Gasteiger partial charge in [-0.15, -0.1) is 0 Å². The average molecular weight is 314 g/mol. The average Bonchev–Trinajstić information content (AvgIpc) is 2.88. The molecule has 22 heavy (non-hydrogen) atoms. The van der Waals surface area contributed by atoms with Crippen LogP contribution in [0, 0.1) is 0 Å². The van der Waals surface area contributed by atoms with Gasteiger partial charge in [0.25, 0.3) is 0 Å². The number of hydrogen-bond donors (Lipinski definition) is 2. The Hall–Kier alpha value is -2.42. The number of nitrogens with zero attached hydrogens (tertiary/aromatic N) is 2. The third kappa shape index (κ3) is 3.61. The summed E-state index contributed by atoms with van der Waals surface area (Å²) in [6.07, 6.45) is -4.69. The van der Waals surface area contributed by atoms with Gasteiger partial charge < -0.3 is 15.6 Å². The summed E-state index contributed by atoms with van der Waals surface area (Å²) in [5, 5.41) is 5.85. The van der Waals surface area contributed by atoms with Crippen LogP contribution < -0.4 is 11.1 Å². The van der Waals surface area contributed by atoms with Crippen molar-refractivity contribution in [2.45, 2.75) is 25.6 Å². The Labute approximate surface area is 123 Å². The molecule has 0 radical (unpaired) electrons. The van der Waals surface area contributed by atoms with E-state index in [2.05, 4.69) is 20.0 Å². The molecule has 1 heterocycles. The van der Waals surface area contributed by atoms with Gasteiger partial charge in [-0.25, -0.2) is 0 Å². The minimum Gasteiger partial charge on any atom is -0.329 e. The number of aromatic nitrogens is 2. The molecule has 2 aromatic rings. The van der Waals surface area contributed by atoms with E-state index < -0.39 is 17.6 Å². The summed E-state index contributed by atoms with van der Waals surface area (Å²) in [5.41, 5.74) is 5.37. The number of amides is 1. The minimum atomic E-state index is -4.69. The number of hydrogen-bond acceptors (Lipinski definition) is 5. The van der Waals surface area contributed by atoms with Crippen LogP contribution in [0.25, 0.3) is 11.4 Å². The second-order valence-electron chi connectivity index (χ2n) is 5.17. The standard InChI is InChI=1S/C13H13F3N4O2/c1-12(2,17)10(21)18-8-5-3-7(4-6-8)9-19-11(22-20-9)13(14,15)16/h3-6H,17H2,1-2H3,(H,18,21). The Bertz CT molecular complexity index is 672. The molecule has 0 aliphatic heterocycles. The van der Waals surface area contributed by atoms with Gasteiger partial charge in [-0.2, -0.15) is 18.2 Å². The second kappa shape index (κ2) is 5.41. The fourth-order valence-corrected chi connectivity index (χ4v) is 1.45. The van der Waals surface area contributed by atoms with E-state index in [9.17, 15) is 18.0 Å². The van der Waals surface area contributed by atoms with E-state index in [4.69, 9.17) is 5.73 Å². The zero-order chi connectivity index (χ0) is 16.5. The van der Waals surface area contributed by atoms with Crippen molar-refractivity contribution < 1.29 is 22.5 Å². The molecule has 118 valence electrons. The van der Waals surface area contributed by atoms with Gasteiger partial charge in [-0.1, -0.05) is 5.16 Å². The van der Waals surface area contributed by atoms with Crippen LogP contribution in [0.1, 0.15) is 19.7 Å². The molecule has 0 unspecified atom stereocenters. The summed E-state index contributed by atoms with van der Waals surface area (Å²) in [7, 11) is 0. The van der Waals surface area contributed by atoms with Crippen LogP contribution in [-0.2, 0) is 11.0 Å². The number of alkyl halides is 3. The van der Waals surface area contributed by atoms with Gasteiger partial charge in [-0.3, -0.25) is 4.79 Å². The Morgan fingerprint density at radius 2 is 1.82 bits per heavy atom. The molecule has 0 atom stereocenters. The molecule has 0 fully saturated rings. The van der Waals surface area contributed by atoms with Crippen molar-refractivity contribution in [2.24, 2.45) is 5.73 Å². The quantitative estimate of drug-likeness (QED) is 0.907. The lowest BCUT2D eigenvalue weighted by Gasteiger charge is -2.17. The molecule has 0 saturated carbocycles. The molecular formula is C13H13F3N4O2. The van der Waals surface area contributed by atoms with Crippen molar-refractivity contribution in [1.82, 2.24) is 10.1 Å². The number of nitrogens with two attached hydrogens (primary N) is 1. The highest BCUT2D eigenvalue weighted by atomic mass is 19.4. The van der Waals surface area contributed by atoms with E-state index in [-0.39, 0.29) is 11.7 Å². The molecule has 0 spiro atoms. The first-order valence-corrected chi connectivity index (χ1v) is 6.19. The third-order valence-corrected chi connectivity index (χ3v) is 2.65. The summed E-state index contributed by atoms with van der Waals surface area (Å²) >= 11 is 0. The first kappa shape index (κ1) is 16.0. The highest BCUT2D eigenvalue weighted by molar-refractivity contribution is 5.97. The molecule has 6 nitrogen and oxygen atoms in total. The van der Waals surface area contributed by atoms with Crippen LogP contribution in [0.15, 0.2) is 28.8 Å². The van der Waals surface area contributed by atoms with Crippen molar-refractivity contribution in [1.29, 1.82) is 0 Å². The minimum absolute atomic E-state index is 0.190. The van der Waals surface area contributed by atoms with Crippen LogP contribution in [0.2, 0.25) is 0 Å². The van der Waals surface area contributed by atoms with Crippen molar-refractivity contribution >= 4 is 11.6 Å². The van der Waals surface area contributed by atoms with Gasteiger partial charge in [0, 0.05) is 11.3 Å². The molecule has 0 bridgehead atoms. The van der Waals surface area contributed by atoms with Gasteiger partial charge >= 0.3 is 12.1 Å². The Kier molecular flexibility index (Phi) is 3.92. The SMILES string of the molecule is CC(C)(N)C(=O)Nc1ccc(-c2noc(C(F)(F)F)n2)cc1. The predicted molar refractivity (Wildman–Crippen MR) is 71.6 cm³/mol. The maximum absolute atomic E-state index is 12.4. The fraction of sp³-hybridized carbons (Fsp3) is 0.308. The van der Waals surface area contributed by atoms with E-state index in [0.717, 1.165) is 0 Å². The first-order valence-electron chi connectivity index (χ1n) is 6.19. The Balaban J connectivity index is 2.16. The van der Waals surface area contributed by atoms with E-state index in [1.54, 1.807) is 13.8 Å². The largest absolute Gasteiger partial charge is 0.471 e. The Morgan fingerprint density at radius 1 is 1.23 bits per heavy atom. The van der Waals surface area contributed by atoms with Crippen LogP contribution >= 0.6 is 0 Å². The molecule has 0 saturated heterocycles. The maximum Gasteiger partial charge on any atom is 0.471 e. The Morgan fingerprint density at radius 3 is 2.27 bits per heavy atom. The lowest BCUT2D eigenvalue weighted by Crippen LogP contribution is -2.45. The molecule has 1 aromatic heterocycles. The van der Waals surface area contributed by atoms with Gasteiger partial charge in [0.2, 0.25) is 11.7 Å². The first-order chi connectivity index (χ1) is 10.1. The molecule has 3 N–H and O–H groups in total. The van der Waals surface area contributed by atoms with Crippen LogP contribution in [0.4, 0.5) is 18.9 Å². The van der Waals surface area contributed by atoms with Gasteiger partial charge in [0.15, 0.2) is 0 Å². The topological polar surface area (TPSA) is 94.0 Å². The number of carbonyl (C=O) groups is 1. The highest BCUT2D eigenvalue weighted by Gasteiger charge is 2.38. The van der Waals surface area contributed by atoms with E-state index in [0.29, 0.717) is 11.3 Å². The third-order valence-electron chi connectivity index (χ3n) is 2.65. The lowest BCUT2D eigenvalue weighted by molar-refractivity contribution is -0.159. The molecule has 1 amide bonds. The predicted octanol–water partition coefficient (Wildman–Crippen LogP) is 2.43. The fourth-order valence-electron chi connectivity index (χ4n) is 1.45. The molecule has 2 rings (SSSR count). The van der Waals surface area contributed by atoms with Crippen molar-refractivity contribution in [3.63, 3.8) is 0 Å². The van der Waals surface area contributed by atoms with E-state index in [1.165, 1.54) is 24.3 Å². The highest BCUT2D eigenvalue weighted by Crippen LogP contribution is 2.29. The number of halogens is 3. The van der Waals surface area contributed by atoms with Crippen LogP contribution in [-0.4, -0.2) is 21.6 Å². The summed E-state index contributed by atoms with van der Waals surface area (Å²) < 4.78 is 41.3. The van der Waals surface area contributed by atoms with Crippen molar-refractivity contribution in [3.05, 3.63) is 30.2 Å². The van der Waals surface area contributed by atoms with Crippen molar-refractivity contribution in [2.75, 3.05) is 5.32 Å². The summed E-state index contributed by atoms with van der Waals surface area (Å²) in [6, 6.07) is 5.93. The number of anilines is 1. The summed E-state index contributed by atoms with van der Waals surface area (Å²) in [5.74, 6) is -1.99. The number of carbonyl (C=O) groups excluding carboxylic acids is 1. The number of rotatable bonds is 3.